The van der Waals surface area contributed by atoms with Gasteiger partial charge in [0.2, 0.25) is 0 Å². The first-order valence-corrected chi connectivity index (χ1v) is 15.5. The highest BCUT2D eigenvalue weighted by atomic mass is 32.2. The van der Waals surface area contributed by atoms with Crippen molar-refractivity contribution in [3.05, 3.63) is 83.2 Å². The Bertz CT molecular complexity index is 1480. The molecule has 3 aromatic carbocycles. The van der Waals surface area contributed by atoms with Crippen molar-refractivity contribution in [3.8, 4) is 16.9 Å². The number of carboxylic acid groups (broad SMARTS) is 1. The lowest BCUT2D eigenvalue weighted by molar-refractivity contribution is -0.142. The van der Waals surface area contributed by atoms with Crippen molar-refractivity contribution in [3.63, 3.8) is 0 Å². The Balaban J connectivity index is 1.70. The lowest BCUT2D eigenvalue weighted by Gasteiger charge is -2.24. The number of sulfone groups is 1. The molecule has 0 spiro atoms. The summed E-state index contributed by atoms with van der Waals surface area (Å²) >= 11 is 0. The summed E-state index contributed by atoms with van der Waals surface area (Å²) in [6, 6.07) is 16.8. The zero-order chi connectivity index (χ0) is 29.2. The van der Waals surface area contributed by atoms with Crippen LogP contribution in [0.3, 0.4) is 0 Å². The number of carboxylic acids is 1. The van der Waals surface area contributed by atoms with Crippen LogP contribution < -0.4 is 4.74 Å². The Morgan fingerprint density at radius 3 is 2.38 bits per heavy atom. The summed E-state index contributed by atoms with van der Waals surface area (Å²) in [6.45, 7) is 8.06. The van der Waals surface area contributed by atoms with Crippen LogP contribution in [0.4, 0.5) is 4.39 Å². The molecule has 0 amide bonds. The first-order chi connectivity index (χ1) is 18.8. The molecule has 1 saturated carbocycles. The summed E-state index contributed by atoms with van der Waals surface area (Å²) in [6.07, 6.45) is 3.06. The number of halogens is 1. The minimum Gasteiger partial charge on any atom is -0.497 e. The van der Waals surface area contributed by atoms with Gasteiger partial charge in [0, 0.05) is 5.56 Å². The molecule has 214 valence electrons. The molecule has 2 unspecified atom stereocenters. The van der Waals surface area contributed by atoms with Crippen LogP contribution in [-0.4, -0.2) is 26.6 Å². The van der Waals surface area contributed by atoms with E-state index in [1.54, 1.807) is 36.4 Å². The van der Waals surface area contributed by atoms with Crippen LogP contribution in [0.15, 0.2) is 65.6 Å². The molecule has 3 aromatic rings. The zero-order valence-corrected chi connectivity index (χ0v) is 24.7. The van der Waals surface area contributed by atoms with E-state index in [1.807, 2.05) is 25.1 Å². The number of hydrogen-bond acceptors (Lipinski definition) is 4. The number of methoxy groups -OCH3 is 1. The molecule has 1 N–H and O–H groups in total. The minimum absolute atomic E-state index is 0.124. The molecular formula is C33H39FO5S. The van der Waals surface area contributed by atoms with Crippen molar-refractivity contribution in [2.75, 3.05) is 7.11 Å². The fourth-order valence-corrected chi connectivity index (χ4v) is 7.03. The summed E-state index contributed by atoms with van der Waals surface area (Å²) < 4.78 is 47.6. The highest BCUT2D eigenvalue weighted by Gasteiger charge is 2.40. The summed E-state index contributed by atoms with van der Waals surface area (Å²) in [5.74, 6) is -1.20. The van der Waals surface area contributed by atoms with E-state index >= 15 is 0 Å². The SMILES string of the molecule is CCC(C(=O)O)C(c1cccc(CS(=O)(=O)c2ccc(-c3cc(OC)ccc3F)c(CC(C)(C)C)c2)c1)C1CC1. The first kappa shape index (κ1) is 29.8. The smallest absolute Gasteiger partial charge is 0.307 e. The second-order valence-electron chi connectivity index (χ2n) is 12.1. The molecule has 0 aliphatic heterocycles. The van der Waals surface area contributed by atoms with E-state index in [4.69, 9.17) is 4.74 Å². The number of ether oxygens (including phenoxy) is 1. The van der Waals surface area contributed by atoms with Gasteiger partial charge in [-0.1, -0.05) is 58.0 Å². The van der Waals surface area contributed by atoms with E-state index in [0.29, 0.717) is 41.2 Å². The van der Waals surface area contributed by atoms with Crippen LogP contribution in [0.25, 0.3) is 11.1 Å². The fourth-order valence-electron chi connectivity index (χ4n) is 5.65. The maximum atomic E-state index is 14.9. The van der Waals surface area contributed by atoms with E-state index in [2.05, 4.69) is 20.8 Å². The molecule has 1 fully saturated rings. The van der Waals surface area contributed by atoms with E-state index in [1.165, 1.54) is 13.2 Å². The molecule has 40 heavy (non-hydrogen) atoms. The summed E-state index contributed by atoms with van der Waals surface area (Å²) in [5, 5.41) is 9.82. The Morgan fingerprint density at radius 2 is 1.77 bits per heavy atom. The van der Waals surface area contributed by atoms with E-state index in [-0.39, 0.29) is 22.0 Å². The van der Waals surface area contributed by atoms with E-state index in [9.17, 15) is 22.7 Å². The van der Waals surface area contributed by atoms with Gasteiger partial charge in [0.15, 0.2) is 9.84 Å². The van der Waals surface area contributed by atoms with Gasteiger partial charge in [-0.15, -0.1) is 0 Å². The zero-order valence-electron chi connectivity index (χ0n) is 23.9. The van der Waals surface area contributed by atoms with Gasteiger partial charge in [-0.3, -0.25) is 4.79 Å². The second-order valence-corrected chi connectivity index (χ2v) is 14.1. The summed E-state index contributed by atoms with van der Waals surface area (Å²) in [5.41, 5.74) is 3.10. The van der Waals surface area contributed by atoms with Gasteiger partial charge in [0.1, 0.15) is 11.6 Å². The Kier molecular flexibility index (Phi) is 8.74. The third-order valence-corrected chi connectivity index (χ3v) is 9.32. The third kappa shape index (κ3) is 6.92. The maximum Gasteiger partial charge on any atom is 0.307 e. The Morgan fingerprint density at radius 1 is 1.05 bits per heavy atom. The van der Waals surface area contributed by atoms with Gasteiger partial charge in [0.25, 0.3) is 0 Å². The molecule has 0 heterocycles. The molecule has 0 aromatic heterocycles. The predicted octanol–water partition coefficient (Wildman–Crippen LogP) is 7.67. The second kappa shape index (κ2) is 11.7. The quantitative estimate of drug-likeness (QED) is 0.258. The van der Waals surface area contributed by atoms with Crippen LogP contribution >= 0.6 is 0 Å². The van der Waals surface area contributed by atoms with Gasteiger partial charge >= 0.3 is 5.97 Å². The lowest BCUT2D eigenvalue weighted by atomic mass is 9.80. The van der Waals surface area contributed by atoms with Gasteiger partial charge in [-0.2, -0.15) is 0 Å². The molecule has 5 nitrogen and oxygen atoms in total. The van der Waals surface area contributed by atoms with Gasteiger partial charge in [0.05, 0.1) is 23.7 Å². The Hall–Kier alpha value is -3.19. The molecule has 0 radical (unpaired) electrons. The molecule has 0 bridgehead atoms. The van der Waals surface area contributed by atoms with Gasteiger partial charge in [-0.25, -0.2) is 12.8 Å². The topological polar surface area (TPSA) is 80.7 Å². The average molecular weight is 567 g/mol. The number of aliphatic carboxylic acids is 1. The monoisotopic (exact) mass is 566 g/mol. The van der Waals surface area contributed by atoms with Crippen LogP contribution in [0.1, 0.15) is 69.6 Å². The van der Waals surface area contributed by atoms with Crippen molar-refractivity contribution in [2.45, 2.75) is 69.9 Å². The normalized spacial score (nSPS) is 15.4. The van der Waals surface area contributed by atoms with E-state index in [0.717, 1.165) is 24.0 Å². The molecule has 0 saturated heterocycles. The van der Waals surface area contributed by atoms with Crippen molar-refractivity contribution >= 4 is 15.8 Å². The molecule has 2 atom stereocenters. The molecule has 1 aliphatic rings. The van der Waals surface area contributed by atoms with E-state index < -0.39 is 27.5 Å². The third-order valence-electron chi connectivity index (χ3n) is 7.63. The summed E-state index contributed by atoms with van der Waals surface area (Å²) in [7, 11) is -2.21. The van der Waals surface area contributed by atoms with Crippen LogP contribution in [0.5, 0.6) is 5.75 Å². The fraction of sp³-hybridized carbons (Fsp3) is 0.424. The number of rotatable bonds is 11. The highest BCUT2D eigenvalue weighted by Crippen LogP contribution is 2.48. The van der Waals surface area contributed by atoms with Crippen molar-refractivity contribution < 1.29 is 27.4 Å². The van der Waals surface area contributed by atoms with Crippen molar-refractivity contribution in [1.29, 1.82) is 0 Å². The molecule has 7 heteroatoms. The van der Waals surface area contributed by atoms with Crippen LogP contribution in [-0.2, 0) is 26.8 Å². The van der Waals surface area contributed by atoms with Crippen LogP contribution in [0.2, 0.25) is 0 Å². The van der Waals surface area contributed by atoms with Gasteiger partial charge in [-0.05, 0) is 95.5 Å². The Labute approximate surface area is 237 Å². The minimum atomic E-state index is -3.74. The van der Waals surface area contributed by atoms with Crippen molar-refractivity contribution in [1.82, 2.24) is 0 Å². The van der Waals surface area contributed by atoms with Crippen LogP contribution in [0, 0.1) is 23.1 Å². The number of hydrogen-bond donors (Lipinski definition) is 1. The molecule has 1 aliphatic carbocycles. The number of benzene rings is 3. The first-order valence-electron chi connectivity index (χ1n) is 13.8. The standard InChI is InChI=1S/C33H39FO5S/c1-6-27(32(35)36)31(22-10-11-22)23-9-7-8-21(16-23)20-40(37,38)26-13-14-28(24(17-26)19-33(2,3)4)29-18-25(39-5)12-15-30(29)34/h7-9,12-18,22,27,31H,6,10-11,19-20H2,1-5H3,(H,35,36). The van der Waals surface area contributed by atoms with Gasteiger partial charge < -0.3 is 9.84 Å². The average Bonchev–Trinajstić information content (AvgIpc) is 3.71. The van der Waals surface area contributed by atoms with Crippen molar-refractivity contribution in [2.24, 2.45) is 17.3 Å². The predicted molar refractivity (Wildman–Crippen MR) is 156 cm³/mol. The lowest BCUT2D eigenvalue weighted by Crippen LogP contribution is -2.23. The maximum absolute atomic E-state index is 14.9. The summed E-state index contributed by atoms with van der Waals surface area (Å²) in [4.78, 5) is 12.1. The largest absolute Gasteiger partial charge is 0.497 e. The molecular weight excluding hydrogens is 527 g/mol. The molecule has 4 rings (SSSR count). The highest BCUT2D eigenvalue weighted by molar-refractivity contribution is 7.90. The number of carbonyl (C=O) groups is 1.